The molecule has 0 radical (unpaired) electrons. The Balaban J connectivity index is 1.63. The third kappa shape index (κ3) is 4.40. The van der Waals surface area contributed by atoms with Crippen molar-refractivity contribution in [2.45, 2.75) is 13.0 Å². The van der Waals surface area contributed by atoms with Crippen LogP contribution in [-0.4, -0.2) is 35.3 Å². The molecule has 0 aliphatic heterocycles. The second-order valence-electron chi connectivity index (χ2n) is 6.01. The summed E-state index contributed by atoms with van der Waals surface area (Å²) in [5.41, 5.74) is 1.19. The number of carbonyl (C=O) groups excluding carboxylic acids is 2. The van der Waals surface area contributed by atoms with E-state index in [9.17, 15) is 9.59 Å². The topological polar surface area (TPSA) is 62.3 Å². The van der Waals surface area contributed by atoms with Gasteiger partial charge in [-0.15, -0.1) is 11.3 Å². The van der Waals surface area contributed by atoms with E-state index in [0.29, 0.717) is 5.02 Å². The van der Waals surface area contributed by atoms with Crippen LogP contribution in [0.25, 0.3) is 10.2 Å². The Hall–Kier alpha value is -2.15. The van der Waals surface area contributed by atoms with Gasteiger partial charge < -0.3 is 10.2 Å². The zero-order valence-corrected chi connectivity index (χ0v) is 17.0. The second kappa shape index (κ2) is 8.25. The average Bonchev–Trinajstić information content (AvgIpc) is 3.08. The normalized spacial score (nSPS) is 12.0. The first-order valence-corrected chi connectivity index (χ1v) is 9.78. The fourth-order valence-electron chi connectivity index (χ4n) is 2.50. The van der Waals surface area contributed by atoms with Gasteiger partial charge in [0.15, 0.2) is 0 Å². The number of hydrogen-bond donors (Lipinski definition) is 1. The van der Waals surface area contributed by atoms with Crippen molar-refractivity contribution >= 4 is 56.6 Å². The van der Waals surface area contributed by atoms with Crippen molar-refractivity contribution in [3.8, 4) is 0 Å². The fourth-order valence-corrected chi connectivity index (χ4v) is 4.06. The highest BCUT2D eigenvalue weighted by atomic mass is 35.5. The fraction of sp³-hybridized carbons (Fsp3) is 0.211. The third-order valence-corrected chi connectivity index (χ3v) is 5.97. The summed E-state index contributed by atoms with van der Waals surface area (Å²) in [5.74, 6) is -0.647. The molecule has 0 aliphatic rings. The van der Waals surface area contributed by atoms with Crippen molar-refractivity contribution in [2.24, 2.45) is 0 Å². The molecule has 3 rings (SSSR count). The smallest absolute Gasteiger partial charge is 0.253 e. The summed E-state index contributed by atoms with van der Waals surface area (Å²) < 4.78 is 1.07. The van der Waals surface area contributed by atoms with Gasteiger partial charge in [0.2, 0.25) is 5.91 Å². The molecule has 2 aromatic carbocycles. The Morgan fingerprint density at radius 2 is 1.96 bits per heavy atom. The summed E-state index contributed by atoms with van der Waals surface area (Å²) in [6.07, 6.45) is 0. The van der Waals surface area contributed by atoms with Crippen molar-refractivity contribution in [2.75, 3.05) is 13.6 Å². The molecule has 0 unspecified atom stereocenters. The highest BCUT2D eigenvalue weighted by Gasteiger charge is 2.21. The number of nitrogens with one attached hydrogen (secondary N) is 1. The van der Waals surface area contributed by atoms with Gasteiger partial charge in [-0.05, 0) is 37.3 Å². The minimum absolute atomic E-state index is 0.135. The largest absolute Gasteiger partial charge is 0.343 e. The van der Waals surface area contributed by atoms with Crippen LogP contribution in [0.5, 0.6) is 0 Å². The van der Waals surface area contributed by atoms with E-state index < -0.39 is 5.91 Å². The molecule has 0 saturated carbocycles. The van der Waals surface area contributed by atoms with Gasteiger partial charge in [0.1, 0.15) is 5.01 Å². The number of halogens is 2. The molecule has 0 spiro atoms. The van der Waals surface area contributed by atoms with Crippen molar-refractivity contribution in [1.82, 2.24) is 15.2 Å². The van der Waals surface area contributed by atoms with Crippen molar-refractivity contribution in [1.29, 1.82) is 0 Å². The number of carbonyl (C=O) groups is 2. The summed E-state index contributed by atoms with van der Waals surface area (Å²) in [6.45, 7) is 1.77. The van der Waals surface area contributed by atoms with Crippen molar-refractivity contribution < 1.29 is 9.59 Å². The lowest BCUT2D eigenvalue weighted by Gasteiger charge is -2.23. The minimum Gasteiger partial charge on any atom is -0.343 e. The van der Waals surface area contributed by atoms with Crippen molar-refractivity contribution in [3.05, 3.63) is 63.1 Å². The summed E-state index contributed by atoms with van der Waals surface area (Å²) >= 11 is 13.4. The standard InChI is InChI=1S/C19H17Cl2N3O2S/c1-11(19-23-15-5-3-4-6-16(15)27-19)24(2)17(25)10-22-18(26)13-8-7-12(20)9-14(13)21/h3-9,11H,10H2,1-2H3,(H,22,26)/t11-/m0/s1. The number of aromatic nitrogens is 1. The first-order chi connectivity index (χ1) is 12.9. The van der Waals surface area contributed by atoms with Gasteiger partial charge in [-0.1, -0.05) is 35.3 Å². The van der Waals surface area contributed by atoms with Crippen LogP contribution in [0.3, 0.4) is 0 Å². The van der Waals surface area contributed by atoms with Crippen LogP contribution in [-0.2, 0) is 4.79 Å². The van der Waals surface area contributed by atoms with Gasteiger partial charge in [-0.2, -0.15) is 0 Å². The lowest BCUT2D eigenvalue weighted by molar-refractivity contribution is -0.130. The molecule has 0 saturated heterocycles. The van der Waals surface area contributed by atoms with E-state index in [0.717, 1.165) is 15.2 Å². The van der Waals surface area contributed by atoms with Crippen LogP contribution in [0, 0.1) is 0 Å². The first-order valence-electron chi connectivity index (χ1n) is 8.21. The Kier molecular flexibility index (Phi) is 5.99. The maximum Gasteiger partial charge on any atom is 0.253 e. The maximum atomic E-state index is 12.5. The summed E-state index contributed by atoms with van der Waals surface area (Å²) in [6, 6.07) is 12.2. The number of hydrogen-bond acceptors (Lipinski definition) is 4. The zero-order valence-electron chi connectivity index (χ0n) is 14.7. The lowest BCUT2D eigenvalue weighted by Crippen LogP contribution is -2.39. The summed E-state index contributed by atoms with van der Waals surface area (Å²) in [7, 11) is 1.69. The van der Waals surface area contributed by atoms with Crippen LogP contribution in [0.15, 0.2) is 42.5 Å². The molecule has 27 heavy (non-hydrogen) atoms. The molecule has 140 valence electrons. The van der Waals surface area contributed by atoms with Crippen LogP contribution in [0.2, 0.25) is 10.0 Å². The number of nitrogens with zero attached hydrogens (tertiary/aromatic N) is 2. The predicted molar refractivity (Wildman–Crippen MR) is 110 cm³/mol. The predicted octanol–water partition coefficient (Wildman–Crippen LogP) is 4.55. The highest BCUT2D eigenvalue weighted by molar-refractivity contribution is 7.18. The molecule has 1 heterocycles. The number of fused-ring (bicyclic) bond motifs is 1. The van der Waals surface area contributed by atoms with Gasteiger partial charge in [0.05, 0.1) is 33.4 Å². The molecule has 8 heteroatoms. The number of para-hydroxylation sites is 1. The van der Waals surface area contributed by atoms with Crippen molar-refractivity contribution in [3.63, 3.8) is 0 Å². The Morgan fingerprint density at radius 3 is 2.67 bits per heavy atom. The SMILES string of the molecule is C[C@@H](c1nc2ccccc2s1)N(C)C(=O)CNC(=O)c1ccc(Cl)cc1Cl. The Bertz CT molecular complexity index is 973. The molecule has 0 aliphatic carbocycles. The molecule has 1 aromatic heterocycles. The average molecular weight is 422 g/mol. The maximum absolute atomic E-state index is 12.5. The van der Waals surface area contributed by atoms with Gasteiger partial charge in [0, 0.05) is 12.1 Å². The van der Waals surface area contributed by atoms with E-state index >= 15 is 0 Å². The van der Waals surface area contributed by atoms with E-state index in [-0.39, 0.29) is 29.1 Å². The van der Waals surface area contributed by atoms with Gasteiger partial charge in [0.25, 0.3) is 5.91 Å². The molecular formula is C19H17Cl2N3O2S. The minimum atomic E-state index is -0.425. The first kappa shape index (κ1) is 19.6. The van der Waals surface area contributed by atoms with Crippen LogP contribution in [0.4, 0.5) is 0 Å². The monoisotopic (exact) mass is 421 g/mol. The van der Waals surface area contributed by atoms with Crippen LogP contribution in [0.1, 0.15) is 28.3 Å². The number of likely N-dealkylation sites (N-methyl/N-ethyl adjacent to an activating group) is 1. The highest BCUT2D eigenvalue weighted by Crippen LogP contribution is 2.28. The van der Waals surface area contributed by atoms with E-state index in [4.69, 9.17) is 23.2 Å². The molecule has 0 bridgehead atoms. The van der Waals surface area contributed by atoms with Gasteiger partial charge in [-0.25, -0.2) is 4.98 Å². The van der Waals surface area contributed by atoms with Crippen LogP contribution < -0.4 is 5.32 Å². The lowest BCUT2D eigenvalue weighted by atomic mass is 10.2. The summed E-state index contributed by atoms with van der Waals surface area (Å²) in [4.78, 5) is 30.9. The van der Waals surface area contributed by atoms with E-state index in [1.807, 2.05) is 31.2 Å². The molecule has 2 amide bonds. The van der Waals surface area contributed by atoms with E-state index in [1.54, 1.807) is 29.4 Å². The van der Waals surface area contributed by atoms with E-state index in [2.05, 4.69) is 10.3 Å². The molecule has 5 nitrogen and oxygen atoms in total. The second-order valence-corrected chi connectivity index (χ2v) is 7.91. The quantitative estimate of drug-likeness (QED) is 0.656. The molecular weight excluding hydrogens is 405 g/mol. The molecule has 0 fully saturated rings. The number of benzene rings is 2. The Morgan fingerprint density at radius 1 is 1.22 bits per heavy atom. The molecule has 3 aromatic rings. The molecule has 1 N–H and O–H groups in total. The van der Waals surface area contributed by atoms with Gasteiger partial charge in [-0.3, -0.25) is 9.59 Å². The third-order valence-electron chi connectivity index (χ3n) is 4.22. The van der Waals surface area contributed by atoms with Crippen LogP contribution >= 0.6 is 34.5 Å². The molecule has 1 atom stereocenters. The number of rotatable bonds is 5. The number of thiazole rings is 1. The summed E-state index contributed by atoms with van der Waals surface area (Å²) in [5, 5.41) is 4.13. The Labute approximate surface area is 170 Å². The van der Waals surface area contributed by atoms with E-state index in [1.165, 1.54) is 12.1 Å². The number of amides is 2. The zero-order chi connectivity index (χ0) is 19.6. The van der Waals surface area contributed by atoms with Gasteiger partial charge >= 0.3 is 0 Å².